The van der Waals surface area contributed by atoms with Crippen molar-refractivity contribution in [2.45, 2.75) is 6.18 Å². The molecule has 0 aliphatic rings. The molecular weight excluding hydrogens is 181 g/mol. The SMILES string of the molecule is FC(F)(F)c1cccn2ccnc12. The minimum atomic E-state index is -4.34. The van der Waals surface area contributed by atoms with Crippen LogP contribution in [0.3, 0.4) is 0 Å². The lowest BCUT2D eigenvalue weighted by molar-refractivity contribution is -0.136. The number of imidazole rings is 1. The summed E-state index contributed by atoms with van der Waals surface area (Å²) >= 11 is 0. The van der Waals surface area contributed by atoms with Gasteiger partial charge in [-0.3, -0.25) is 0 Å². The number of halogens is 3. The molecule has 2 rings (SSSR count). The molecule has 0 aliphatic carbocycles. The fourth-order valence-electron chi connectivity index (χ4n) is 1.17. The van der Waals surface area contributed by atoms with Gasteiger partial charge in [0.05, 0.1) is 5.56 Å². The Balaban J connectivity index is 2.75. The summed E-state index contributed by atoms with van der Waals surface area (Å²) in [5, 5.41) is 0. The monoisotopic (exact) mass is 186 g/mol. The minimum Gasteiger partial charge on any atom is -0.307 e. The van der Waals surface area contributed by atoms with E-state index in [0.717, 1.165) is 6.07 Å². The Morgan fingerprint density at radius 1 is 1.23 bits per heavy atom. The Bertz CT molecular complexity index is 430. The van der Waals surface area contributed by atoms with Crippen molar-refractivity contribution >= 4 is 5.65 Å². The van der Waals surface area contributed by atoms with Gasteiger partial charge in [0.1, 0.15) is 5.65 Å². The van der Waals surface area contributed by atoms with Crippen LogP contribution in [0.15, 0.2) is 30.7 Å². The summed E-state index contributed by atoms with van der Waals surface area (Å²) in [5.74, 6) is 0. The van der Waals surface area contributed by atoms with Crippen molar-refractivity contribution in [3.63, 3.8) is 0 Å². The highest BCUT2D eigenvalue weighted by Crippen LogP contribution is 2.31. The van der Waals surface area contributed by atoms with Gasteiger partial charge in [-0.25, -0.2) is 4.98 Å². The van der Waals surface area contributed by atoms with Crippen molar-refractivity contribution in [3.8, 4) is 0 Å². The number of rotatable bonds is 0. The Labute approximate surface area is 71.6 Å². The summed E-state index contributed by atoms with van der Waals surface area (Å²) in [6.45, 7) is 0. The van der Waals surface area contributed by atoms with Gasteiger partial charge in [0.2, 0.25) is 0 Å². The standard InChI is InChI=1S/C8H5F3N2/c9-8(10,11)6-2-1-4-13-5-3-12-7(6)13/h1-5H. The molecule has 0 saturated heterocycles. The largest absolute Gasteiger partial charge is 0.419 e. The molecule has 2 nitrogen and oxygen atoms in total. The van der Waals surface area contributed by atoms with Gasteiger partial charge in [-0.1, -0.05) is 0 Å². The molecule has 0 saturated carbocycles. The summed E-state index contributed by atoms with van der Waals surface area (Å²) in [7, 11) is 0. The highest BCUT2D eigenvalue weighted by molar-refractivity contribution is 5.49. The van der Waals surface area contributed by atoms with Gasteiger partial charge in [-0.05, 0) is 12.1 Å². The van der Waals surface area contributed by atoms with E-state index in [4.69, 9.17) is 0 Å². The molecule has 5 heteroatoms. The van der Waals surface area contributed by atoms with Crippen LogP contribution in [0.1, 0.15) is 5.56 Å². The van der Waals surface area contributed by atoms with Gasteiger partial charge in [-0.15, -0.1) is 0 Å². The van der Waals surface area contributed by atoms with Crippen molar-refractivity contribution < 1.29 is 13.2 Å². The third-order valence-electron chi connectivity index (χ3n) is 1.72. The number of fused-ring (bicyclic) bond motifs is 1. The summed E-state index contributed by atoms with van der Waals surface area (Å²) in [6.07, 6.45) is 0.000579. The second-order valence-electron chi connectivity index (χ2n) is 2.58. The van der Waals surface area contributed by atoms with Crippen LogP contribution in [0.2, 0.25) is 0 Å². The van der Waals surface area contributed by atoms with Crippen LogP contribution < -0.4 is 0 Å². The second-order valence-corrected chi connectivity index (χ2v) is 2.58. The molecule has 2 aromatic heterocycles. The maximum absolute atomic E-state index is 12.3. The van der Waals surface area contributed by atoms with Crippen molar-refractivity contribution in [2.75, 3.05) is 0 Å². The van der Waals surface area contributed by atoms with E-state index in [1.165, 1.54) is 29.1 Å². The number of hydrogen-bond acceptors (Lipinski definition) is 1. The first kappa shape index (κ1) is 8.10. The van der Waals surface area contributed by atoms with E-state index in [1.54, 1.807) is 0 Å². The molecule has 2 aromatic rings. The van der Waals surface area contributed by atoms with Crippen molar-refractivity contribution in [3.05, 3.63) is 36.3 Å². The van der Waals surface area contributed by atoms with E-state index in [9.17, 15) is 13.2 Å². The molecule has 68 valence electrons. The van der Waals surface area contributed by atoms with Crippen LogP contribution in [-0.4, -0.2) is 9.38 Å². The van der Waals surface area contributed by atoms with Crippen LogP contribution in [0.25, 0.3) is 5.65 Å². The normalized spacial score (nSPS) is 12.2. The van der Waals surface area contributed by atoms with E-state index in [1.807, 2.05) is 0 Å². The lowest BCUT2D eigenvalue weighted by atomic mass is 10.2. The van der Waals surface area contributed by atoms with E-state index in [2.05, 4.69) is 4.98 Å². The molecule has 0 atom stereocenters. The van der Waals surface area contributed by atoms with Gasteiger partial charge < -0.3 is 4.40 Å². The zero-order valence-electron chi connectivity index (χ0n) is 6.42. The van der Waals surface area contributed by atoms with Crippen LogP contribution in [0.5, 0.6) is 0 Å². The number of pyridine rings is 1. The Kier molecular flexibility index (Phi) is 1.55. The van der Waals surface area contributed by atoms with Crippen molar-refractivity contribution in [1.82, 2.24) is 9.38 Å². The molecule has 13 heavy (non-hydrogen) atoms. The third kappa shape index (κ3) is 1.26. The molecule has 0 aliphatic heterocycles. The first-order chi connectivity index (χ1) is 6.09. The highest BCUT2D eigenvalue weighted by Gasteiger charge is 2.33. The predicted molar refractivity (Wildman–Crippen MR) is 40.2 cm³/mol. The summed E-state index contributed by atoms with van der Waals surface area (Å²) in [4.78, 5) is 3.63. The molecule has 0 amide bonds. The van der Waals surface area contributed by atoms with Gasteiger partial charge in [0, 0.05) is 18.6 Å². The summed E-state index contributed by atoms with van der Waals surface area (Å²) in [6, 6.07) is 2.36. The van der Waals surface area contributed by atoms with Gasteiger partial charge in [0.25, 0.3) is 0 Å². The maximum Gasteiger partial charge on any atom is 0.419 e. The number of nitrogens with zero attached hydrogens (tertiary/aromatic N) is 2. The average Bonchev–Trinajstić information content (AvgIpc) is 2.48. The minimum absolute atomic E-state index is 0.0602. The van der Waals surface area contributed by atoms with E-state index >= 15 is 0 Å². The molecule has 0 fully saturated rings. The fraction of sp³-hybridized carbons (Fsp3) is 0.125. The second kappa shape index (κ2) is 2.48. The molecule has 0 aromatic carbocycles. The Morgan fingerprint density at radius 2 is 2.00 bits per heavy atom. The molecule has 0 bridgehead atoms. The van der Waals surface area contributed by atoms with Gasteiger partial charge in [-0.2, -0.15) is 13.2 Å². The van der Waals surface area contributed by atoms with Gasteiger partial charge >= 0.3 is 6.18 Å². The summed E-state index contributed by atoms with van der Waals surface area (Å²) in [5.41, 5.74) is -0.769. The fourth-order valence-corrected chi connectivity index (χ4v) is 1.17. The van der Waals surface area contributed by atoms with Crippen molar-refractivity contribution in [1.29, 1.82) is 0 Å². The Morgan fingerprint density at radius 3 is 2.69 bits per heavy atom. The van der Waals surface area contributed by atoms with Crippen LogP contribution in [0.4, 0.5) is 13.2 Å². The maximum atomic E-state index is 12.3. The zero-order valence-corrected chi connectivity index (χ0v) is 6.42. The number of alkyl halides is 3. The average molecular weight is 186 g/mol. The first-order valence-electron chi connectivity index (χ1n) is 3.58. The number of hydrogen-bond donors (Lipinski definition) is 0. The lowest BCUT2D eigenvalue weighted by Gasteiger charge is -2.06. The van der Waals surface area contributed by atoms with Crippen LogP contribution >= 0.6 is 0 Å². The molecule has 0 spiro atoms. The quantitative estimate of drug-likeness (QED) is 0.617. The van der Waals surface area contributed by atoms with Crippen LogP contribution in [0, 0.1) is 0 Å². The van der Waals surface area contributed by atoms with E-state index < -0.39 is 11.7 Å². The Hall–Kier alpha value is -1.52. The van der Waals surface area contributed by atoms with E-state index in [0.29, 0.717) is 0 Å². The molecule has 0 radical (unpaired) electrons. The number of aromatic nitrogens is 2. The topological polar surface area (TPSA) is 17.3 Å². The molecular formula is C8H5F3N2. The molecule has 0 N–H and O–H groups in total. The first-order valence-corrected chi connectivity index (χ1v) is 3.58. The molecule has 2 heterocycles. The smallest absolute Gasteiger partial charge is 0.307 e. The highest BCUT2D eigenvalue weighted by atomic mass is 19.4. The third-order valence-corrected chi connectivity index (χ3v) is 1.72. The van der Waals surface area contributed by atoms with Gasteiger partial charge in [0.15, 0.2) is 0 Å². The molecule has 0 unspecified atom stereocenters. The summed E-state index contributed by atoms with van der Waals surface area (Å²) < 4.78 is 38.4. The zero-order chi connectivity index (χ0) is 9.47. The van der Waals surface area contributed by atoms with Crippen LogP contribution in [-0.2, 0) is 6.18 Å². The van der Waals surface area contributed by atoms with E-state index in [-0.39, 0.29) is 5.65 Å². The predicted octanol–water partition coefficient (Wildman–Crippen LogP) is 2.35. The van der Waals surface area contributed by atoms with Crippen molar-refractivity contribution in [2.24, 2.45) is 0 Å². The lowest BCUT2D eigenvalue weighted by Crippen LogP contribution is -2.07.